The number of rotatable bonds is 3. The van der Waals surface area contributed by atoms with Crippen molar-refractivity contribution in [1.82, 2.24) is 0 Å². The van der Waals surface area contributed by atoms with E-state index in [0.29, 0.717) is 15.2 Å². The molecule has 1 aliphatic carbocycles. The van der Waals surface area contributed by atoms with Crippen LogP contribution in [0.1, 0.15) is 12.8 Å². The van der Waals surface area contributed by atoms with Crippen LogP contribution in [-0.2, 0) is 0 Å². The van der Waals surface area contributed by atoms with Gasteiger partial charge in [0.15, 0.2) is 0 Å². The van der Waals surface area contributed by atoms with Gasteiger partial charge >= 0.3 is 0 Å². The molecule has 0 aliphatic heterocycles. The molecule has 0 spiro atoms. The molecule has 1 aliphatic rings. The number of halogens is 2. The molecule has 0 aromatic heterocycles. The van der Waals surface area contributed by atoms with E-state index in [1.54, 1.807) is 6.07 Å². The summed E-state index contributed by atoms with van der Waals surface area (Å²) < 4.78 is 19.1. The van der Waals surface area contributed by atoms with Crippen molar-refractivity contribution < 1.29 is 9.13 Å². The normalized spacial score (nSPS) is 15.8. The lowest BCUT2D eigenvalue weighted by atomic mass is 10.3. The van der Waals surface area contributed by atoms with Gasteiger partial charge in [-0.05, 0) is 53.5 Å². The van der Waals surface area contributed by atoms with Gasteiger partial charge in [0.2, 0.25) is 0 Å². The highest BCUT2D eigenvalue weighted by Gasteiger charge is 2.22. The van der Waals surface area contributed by atoms with Crippen molar-refractivity contribution in [2.45, 2.75) is 12.8 Å². The third-order valence-electron chi connectivity index (χ3n) is 2.09. The van der Waals surface area contributed by atoms with E-state index in [1.165, 1.54) is 18.9 Å². The van der Waals surface area contributed by atoms with E-state index in [2.05, 4.69) is 0 Å². The van der Waals surface area contributed by atoms with Crippen molar-refractivity contribution in [2.24, 2.45) is 5.92 Å². The summed E-state index contributed by atoms with van der Waals surface area (Å²) in [7, 11) is 0. The van der Waals surface area contributed by atoms with Gasteiger partial charge in [0.25, 0.3) is 0 Å². The zero-order valence-electron chi connectivity index (χ0n) is 7.09. The Kier molecular flexibility index (Phi) is 2.71. The SMILES string of the molecule is Fc1cccc(OCC2CC2)c1I. The van der Waals surface area contributed by atoms with Crippen molar-refractivity contribution in [3.63, 3.8) is 0 Å². The lowest BCUT2D eigenvalue weighted by Crippen LogP contribution is -2.01. The van der Waals surface area contributed by atoms with E-state index < -0.39 is 0 Å². The Bertz CT molecular complexity index is 310. The number of hydrogen-bond donors (Lipinski definition) is 0. The number of ether oxygens (including phenoxy) is 1. The van der Waals surface area contributed by atoms with Crippen molar-refractivity contribution in [3.05, 3.63) is 27.6 Å². The summed E-state index contributed by atoms with van der Waals surface area (Å²) in [4.78, 5) is 0. The summed E-state index contributed by atoms with van der Waals surface area (Å²) in [6.45, 7) is 0.736. The fraction of sp³-hybridized carbons (Fsp3) is 0.400. The van der Waals surface area contributed by atoms with Gasteiger partial charge in [0.1, 0.15) is 11.6 Å². The van der Waals surface area contributed by atoms with Gasteiger partial charge in [-0.2, -0.15) is 0 Å². The topological polar surface area (TPSA) is 9.23 Å². The Morgan fingerprint density at radius 3 is 2.92 bits per heavy atom. The van der Waals surface area contributed by atoms with Crippen LogP contribution in [0.4, 0.5) is 4.39 Å². The van der Waals surface area contributed by atoms with Crippen molar-refractivity contribution in [3.8, 4) is 5.75 Å². The zero-order valence-corrected chi connectivity index (χ0v) is 9.25. The summed E-state index contributed by atoms with van der Waals surface area (Å²) in [5.41, 5.74) is 0. The second-order valence-corrected chi connectivity index (χ2v) is 4.39. The maximum absolute atomic E-state index is 13.0. The minimum Gasteiger partial charge on any atom is -0.492 e. The van der Waals surface area contributed by atoms with E-state index in [9.17, 15) is 4.39 Å². The predicted octanol–water partition coefficient (Wildman–Crippen LogP) is 3.22. The first kappa shape index (κ1) is 9.24. The summed E-state index contributed by atoms with van der Waals surface area (Å²) in [6, 6.07) is 4.94. The molecule has 1 fully saturated rings. The molecule has 0 saturated heterocycles. The zero-order chi connectivity index (χ0) is 9.26. The van der Waals surface area contributed by atoms with Crippen LogP contribution >= 0.6 is 22.6 Å². The Morgan fingerprint density at radius 2 is 2.23 bits per heavy atom. The van der Waals surface area contributed by atoms with Crippen molar-refractivity contribution in [2.75, 3.05) is 6.61 Å². The summed E-state index contributed by atoms with van der Waals surface area (Å²) in [5, 5.41) is 0. The minimum absolute atomic E-state index is 0.200. The lowest BCUT2D eigenvalue weighted by Gasteiger charge is -2.07. The highest BCUT2D eigenvalue weighted by molar-refractivity contribution is 14.1. The fourth-order valence-electron chi connectivity index (χ4n) is 1.09. The molecule has 3 heteroatoms. The minimum atomic E-state index is -0.200. The monoisotopic (exact) mass is 292 g/mol. The van der Waals surface area contributed by atoms with Gasteiger partial charge in [0, 0.05) is 0 Å². The number of benzene rings is 1. The molecule has 0 heterocycles. The first-order valence-electron chi connectivity index (χ1n) is 4.34. The van der Waals surface area contributed by atoms with E-state index in [1.807, 2.05) is 28.7 Å². The standard InChI is InChI=1S/C10H10FIO/c11-8-2-1-3-9(10(8)12)13-6-7-4-5-7/h1-3,7H,4-6H2. The number of hydrogen-bond acceptors (Lipinski definition) is 1. The highest BCUT2D eigenvalue weighted by Crippen LogP contribution is 2.31. The molecule has 1 aromatic rings. The summed E-state index contributed by atoms with van der Waals surface area (Å²) >= 11 is 1.97. The van der Waals surface area contributed by atoms with E-state index in [-0.39, 0.29) is 5.82 Å². The fourth-order valence-corrected chi connectivity index (χ4v) is 1.60. The Labute approximate surface area is 90.4 Å². The summed E-state index contributed by atoms with van der Waals surface area (Å²) in [5.74, 6) is 1.18. The molecule has 70 valence electrons. The quantitative estimate of drug-likeness (QED) is 0.777. The molecule has 0 amide bonds. The maximum Gasteiger partial charge on any atom is 0.140 e. The molecular weight excluding hydrogens is 282 g/mol. The molecular formula is C10H10FIO. The largest absolute Gasteiger partial charge is 0.492 e. The average Bonchev–Trinajstić information content (AvgIpc) is 2.91. The molecule has 2 rings (SSSR count). The lowest BCUT2D eigenvalue weighted by molar-refractivity contribution is 0.296. The third-order valence-corrected chi connectivity index (χ3v) is 3.13. The molecule has 0 N–H and O–H groups in total. The van der Waals surface area contributed by atoms with Gasteiger partial charge in [-0.1, -0.05) is 6.07 Å². The van der Waals surface area contributed by atoms with Crippen LogP contribution in [0.5, 0.6) is 5.75 Å². The van der Waals surface area contributed by atoms with Crippen LogP contribution in [0.3, 0.4) is 0 Å². The average molecular weight is 292 g/mol. The molecule has 0 unspecified atom stereocenters. The van der Waals surface area contributed by atoms with Crippen molar-refractivity contribution >= 4 is 22.6 Å². The smallest absolute Gasteiger partial charge is 0.140 e. The molecule has 0 bridgehead atoms. The van der Waals surface area contributed by atoms with Gasteiger partial charge < -0.3 is 4.74 Å². The molecule has 1 saturated carbocycles. The van der Waals surface area contributed by atoms with E-state index >= 15 is 0 Å². The Balaban J connectivity index is 2.05. The second kappa shape index (κ2) is 3.82. The molecule has 1 nitrogen and oxygen atoms in total. The van der Waals surface area contributed by atoms with Gasteiger partial charge in [-0.15, -0.1) is 0 Å². The first-order valence-corrected chi connectivity index (χ1v) is 5.42. The molecule has 0 atom stereocenters. The molecule has 13 heavy (non-hydrogen) atoms. The first-order chi connectivity index (χ1) is 6.27. The van der Waals surface area contributed by atoms with Crippen LogP contribution in [0.2, 0.25) is 0 Å². The Hall–Kier alpha value is -0.320. The van der Waals surface area contributed by atoms with Crippen LogP contribution in [-0.4, -0.2) is 6.61 Å². The van der Waals surface area contributed by atoms with E-state index in [4.69, 9.17) is 4.74 Å². The van der Waals surface area contributed by atoms with Crippen LogP contribution < -0.4 is 4.74 Å². The predicted molar refractivity (Wildman–Crippen MR) is 57.3 cm³/mol. The van der Waals surface area contributed by atoms with Gasteiger partial charge in [0.05, 0.1) is 10.2 Å². The van der Waals surface area contributed by atoms with Crippen molar-refractivity contribution in [1.29, 1.82) is 0 Å². The van der Waals surface area contributed by atoms with E-state index in [0.717, 1.165) is 6.61 Å². The third kappa shape index (κ3) is 2.33. The second-order valence-electron chi connectivity index (χ2n) is 3.31. The van der Waals surface area contributed by atoms with Crippen LogP contribution in [0.25, 0.3) is 0 Å². The molecule has 1 aromatic carbocycles. The Morgan fingerprint density at radius 1 is 1.46 bits per heavy atom. The maximum atomic E-state index is 13.0. The van der Waals surface area contributed by atoms with Crippen LogP contribution in [0.15, 0.2) is 18.2 Å². The molecule has 0 radical (unpaired) electrons. The summed E-state index contributed by atoms with van der Waals surface area (Å²) in [6.07, 6.45) is 2.51. The van der Waals surface area contributed by atoms with Crippen LogP contribution in [0, 0.1) is 15.3 Å². The highest BCUT2D eigenvalue weighted by atomic mass is 127. The van der Waals surface area contributed by atoms with Gasteiger partial charge in [-0.3, -0.25) is 0 Å². The van der Waals surface area contributed by atoms with Gasteiger partial charge in [-0.25, -0.2) is 4.39 Å².